The zero-order valence-electron chi connectivity index (χ0n) is 15.3. The fraction of sp³-hybridized carbons (Fsp3) is 0.333. The first-order valence-electron chi connectivity index (χ1n) is 9.00. The summed E-state index contributed by atoms with van der Waals surface area (Å²) < 4.78 is 28.4. The molecule has 0 saturated carbocycles. The first kappa shape index (κ1) is 19.1. The second kappa shape index (κ2) is 8.31. The van der Waals surface area contributed by atoms with E-state index in [0.717, 1.165) is 35.6 Å². The largest absolute Gasteiger partial charge is 0.264 e. The maximum Gasteiger partial charge on any atom is 0.264 e. The summed E-state index contributed by atoms with van der Waals surface area (Å²) in [6, 6.07) is 17.2. The summed E-state index contributed by atoms with van der Waals surface area (Å²) in [7, 11) is -3.56. The Hall–Kier alpha value is -1.72. The molecule has 0 aliphatic carbocycles. The second-order valence-electron chi connectivity index (χ2n) is 6.60. The molecule has 0 spiro atoms. The van der Waals surface area contributed by atoms with Crippen LogP contribution in [0.5, 0.6) is 0 Å². The average molecular weight is 388 g/mol. The van der Waals surface area contributed by atoms with Gasteiger partial charge >= 0.3 is 0 Å². The Morgan fingerprint density at radius 1 is 1.12 bits per heavy atom. The molecule has 26 heavy (non-hydrogen) atoms. The van der Waals surface area contributed by atoms with Gasteiger partial charge in [0.2, 0.25) is 0 Å². The Bertz CT molecular complexity index is 859. The molecule has 3 rings (SSSR count). The Morgan fingerprint density at radius 3 is 2.46 bits per heavy atom. The highest BCUT2D eigenvalue weighted by molar-refractivity contribution is 8.04. The normalized spacial score (nSPS) is 19.2. The van der Waals surface area contributed by atoms with E-state index in [4.69, 9.17) is 0 Å². The van der Waals surface area contributed by atoms with Crippen LogP contribution in [0, 0.1) is 6.92 Å². The lowest BCUT2D eigenvalue weighted by Gasteiger charge is -2.26. The molecular formula is C21H25NO2S2. The SMILES string of the molecule is CCC/C=C1\SCC(Cc2ccccc2)N1S(=O)(=O)c1ccc(C)cc1. The van der Waals surface area contributed by atoms with Crippen molar-refractivity contribution in [2.24, 2.45) is 0 Å². The summed E-state index contributed by atoms with van der Waals surface area (Å²) in [4.78, 5) is 0.367. The maximum atomic E-state index is 13.4. The summed E-state index contributed by atoms with van der Waals surface area (Å²) in [5.74, 6) is 0.787. The van der Waals surface area contributed by atoms with E-state index in [-0.39, 0.29) is 6.04 Å². The third-order valence-corrected chi connectivity index (χ3v) is 7.68. The molecule has 2 aromatic carbocycles. The maximum absolute atomic E-state index is 13.4. The summed E-state index contributed by atoms with van der Waals surface area (Å²) in [6.07, 6.45) is 4.69. The first-order chi connectivity index (χ1) is 12.5. The van der Waals surface area contributed by atoms with E-state index in [2.05, 4.69) is 25.1 Å². The van der Waals surface area contributed by atoms with Crippen molar-refractivity contribution >= 4 is 21.8 Å². The van der Waals surface area contributed by atoms with Crippen LogP contribution in [-0.4, -0.2) is 24.5 Å². The number of nitrogens with zero attached hydrogens (tertiary/aromatic N) is 1. The minimum absolute atomic E-state index is 0.0585. The predicted octanol–water partition coefficient (Wildman–Crippen LogP) is 4.99. The first-order valence-corrected chi connectivity index (χ1v) is 11.4. The van der Waals surface area contributed by atoms with Gasteiger partial charge in [0.05, 0.1) is 16.0 Å². The fourth-order valence-electron chi connectivity index (χ4n) is 3.08. The van der Waals surface area contributed by atoms with Crippen LogP contribution >= 0.6 is 11.8 Å². The van der Waals surface area contributed by atoms with Gasteiger partial charge in [0.1, 0.15) is 0 Å². The van der Waals surface area contributed by atoms with Crippen molar-refractivity contribution in [2.75, 3.05) is 5.75 Å². The van der Waals surface area contributed by atoms with Gasteiger partial charge < -0.3 is 0 Å². The summed E-state index contributed by atoms with van der Waals surface area (Å²) in [5, 5.41) is 0.869. The van der Waals surface area contributed by atoms with Crippen molar-refractivity contribution in [3.8, 4) is 0 Å². The number of aryl methyl sites for hydroxylation is 1. The van der Waals surface area contributed by atoms with E-state index in [1.807, 2.05) is 37.3 Å². The Kier molecular flexibility index (Phi) is 6.09. The quantitative estimate of drug-likeness (QED) is 0.701. The molecule has 1 aliphatic heterocycles. The molecule has 138 valence electrons. The lowest BCUT2D eigenvalue weighted by atomic mass is 10.1. The zero-order valence-corrected chi connectivity index (χ0v) is 16.9. The number of hydrogen-bond donors (Lipinski definition) is 0. The van der Waals surface area contributed by atoms with E-state index in [0.29, 0.717) is 4.90 Å². The van der Waals surface area contributed by atoms with Crippen LogP contribution in [-0.2, 0) is 16.4 Å². The third-order valence-electron chi connectivity index (χ3n) is 4.47. The van der Waals surface area contributed by atoms with Crippen molar-refractivity contribution in [3.05, 3.63) is 76.8 Å². The van der Waals surface area contributed by atoms with E-state index in [1.165, 1.54) is 5.56 Å². The van der Waals surface area contributed by atoms with Crippen molar-refractivity contribution in [1.29, 1.82) is 0 Å². The van der Waals surface area contributed by atoms with Gasteiger partial charge in [0, 0.05) is 5.75 Å². The number of benzene rings is 2. The van der Waals surface area contributed by atoms with Crippen LogP contribution < -0.4 is 0 Å². The molecule has 0 radical (unpaired) electrons. The van der Waals surface area contributed by atoms with Gasteiger partial charge in [-0.05, 0) is 37.5 Å². The molecule has 0 bridgehead atoms. The smallest absolute Gasteiger partial charge is 0.257 e. The number of unbranched alkanes of at least 4 members (excludes halogenated alkanes) is 1. The van der Waals surface area contributed by atoms with Crippen molar-refractivity contribution in [3.63, 3.8) is 0 Å². The van der Waals surface area contributed by atoms with Crippen molar-refractivity contribution in [2.45, 2.75) is 44.0 Å². The van der Waals surface area contributed by atoms with Crippen LogP contribution in [0.3, 0.4) is 0 Å². The highest BCUT2D eigenvalue weighted by Crippen LogP contribution is 2.39. The van der Waals surface area contributed by atoms with Gasteiger partial charge in [0.25, 0.3) is 10.0 Å². The average Bonchev–Trinajstić information content (AvgIpc) is 3.04. The molecule has 0 N–H and O–H groups in total. The highest BCUT2D eigenvalue weighted by atomic mass is 32.2. The van der Waals surface area contributed by atoms with Gasteiger partial charge in [-0.25, -0.2) is 8.42 Å². The number of thioether (sulfide) groups is 1. The molecule has 2 aromatic rings. The predicted molar refractivity (Wildman–Crippen MR) is 110 cm³/mol. The number of hydrogen-bond acceptors (Lipinski definition) is 3. The standard InChI is InChI=1S/C21H25NO2S2/c1-3-4-10-21-22(26(23,24)20-13-11-17(2)12-14-20)19(16-25-21)15-18-8-6-5-7-9-18/h5-14,19H,3-4,15-16H2,1-2H3/b21-10-. The number of allylic oxidation sites excluding steroid dienone is 1. The van der Waals surface area contributed by atoms with E-state index in [9.17, 15) is 8.42 Å². The zero-order chi connectivity index (χ0) is 18.6. The molecule has 1 saturated heterocycles. The molecule has 5 heteroatoms. The monoisotopic (exact) mass is 387 g/mol. The lowest BCUT2D eigenvalue weighted by molar-refractivity contribution is 0.427. The van der Waals surface area contributed by atoms with Gasteiger partial charge in [-0.1, -0.05) is 67.4 Å². The van der Waals surface area contributed by atoms with Crippen LogP contribution in [0.4, 0.5) is 0 Å². The second-order valence-corrected chi connectivity index (χ2v) is 9.45. The molecule has 1 fully saturated rings. The number of rotatable bonds is 6. The summed E-state index contributed by atoms with van der Waals surface area (Å²) >= 11 is 1.65. The van der Waals surface area contributed by atoms with Gasteiger partial charge in [-0.3, -0.25) is 4.31 Å². The molecule has 1 unspecified atom stereocenters. The van der Waals surface area contributed by atoms with Gasteiger partial charge in [-0.15, -0.1) is 11.8 Å². The minimum atomic E-state index is -3.56. The third kappa shape index (κ3) is 4.15. The molecule has 0 aromatic heterocycles. The Labute approximate surface area is 161 Å². The molecule has 1 heterocycles. The summed E-state index contributed by atoms with van der Waals surface area (Å²) in [6.45, 7) is 4.07. The van der Waals surface area contributed by atoms with E-state index in [1.54, 1.807) is 28.2 Å². The minimum Gasteiger partial charge on any atom is -0.257 e. The van der Waals surface area contributed by atoms with Gasteiger partial charge in [0.15, 0.2) is 0 Å². The topological polar surface area (TPSA) is 37.4 Å². The van der Waals surface area contributed by atoms with Crippen LogP contribution in [0.25, 0.3) is 0 Å². The van der Waals surface area contributed by atoms with Crippen LogP contribution in [0.2, 0.25) is 0 Å². The van der Waals surface area contributed by atoms with Gasteiger partial charge in [-0.2, -0.15) is 0 Å². The fourth-order valence-corrected chi connectivity index (χ4v) is 6.33. The summed E-state index contributed by atoms with van der Waals surface area (Å²) in [5.41, 5.74) is 2.22. The molecule has 1 aliphatic rings. The Balaban J connectivity index is 1.96. The lowest BCUT2D eigenvalue weighted by Crippen LogP contribution is -2.37. The van der Waals surface area contributed by atoms with Crippen LogP contribution in [0.1, 0.15) is 30.9 Å². The molecule has 1 atom stereocenters. The number of sulfonamides is 1. The Morgan fingerprint density at radius 2 is 1.81 bits per heavy atom. The van der Waals surface area contributed by atoms with Crippen LogP contribution in [0.15, 0.2) is 70.6 Å². The molecular weight excluding hydrogens is 362 g/mol. The van der Waals surface area contributed by atoms with E-state index < -0.39 is 10.0 Å². The van der Waals surface area contributed by atoms with Crippen molar-refractivity contribution in [1.82, 2.24) is 4.31 Å². The van der Waals surface area contributed by atoms with Crippen molar-refractivity contribution < 1.29 is 8.42 Å². The van der Waals surface area contributed by atoms with E-state index >= 15 is 0 Å². The molecule has 3 nitrogen and oxygen atoms in total. The highest BCUT2D eigenvalue weighted by Gasteiger charge is 2.38. The molecule has 0 amide bonds.